The first-order chi connectivity index (χ1) is 10.5. The Morgan fingerprint density at radius 2 is 1.86 bits per heavy atom. The number of rotatable bonds is 4. The number of anilines is 2. The Kier molecular flexibility index (Phi) is 4.73. The van der Waals surface area contributed by atoms with Crippen LogP contribution in [-0.2, 0) is 4.79 Å². The molecule has 1 amide bonds. The van der Waals surface area contributed by atoms with Crippen LogP contribution in [-0.4, -0.2) is 17.6 Å². The van der Waals surface area contributed by atoms with Crippen molar-refractivity contribution in [2.75, 3.05) is 17.2 Å². The maximum Gasteiger partial charge on any atom is 0.223 e. The number of carbonyl (C=O) groups is 1. The topological polar surface area (TPSA) is 91.3 Å². The number of nitrogens with two attached hydrogens (primary N) is 1. The molecule has 0 heterocycles. The number of azo groups is 1. The molecular formula is C16H18N4O2. The Morgan fingerprint density at radius 1 is 1.18 bits per heavy atom. The molecule has 22 heavy (non-hydrogen) atoms. The molecule has 0 fully saturated rings. The van der Waals surface area contributed by atoms with Gasteiger partial charge in [-0.3, -0.25) is 4.79 Å². The second-order valence-electron chi connectivity index (χ2n) is 4.70. The molecule has 2 aromatic carbocycles. The summed E-state index contributed by atoms with van der Waals surface area (Å²) in [4.78, 5) is 13.1. The van der Waals surface area contributed by atoms with Gasteiger partial charge in [0.1, 0.15) is 17.1 Å². The van der Waals surface area contributed by atoms with Crippen molar-refractivity contribution in [1.82, 2.24) is 0 Å². The van der Waals surface area contributed by atoms with Gasteiger partial charge >= 0.3 is 0 Å². The Labute approximate surface area is 128 Å². The molecule has 0 bridgehead atoms. The van der Waals surface area contributed by atoms with E-state index in [0.717, 1.165) is 0 Å². The predicted octanol–water partition coefficient (Wildman–Crippen LogP) is 3.76. The van der Waals surface area contributed by atoms with Crippen LogP contribution in [0.15, 0.2) is 52.7 Å². The number of phenols is 1. The Morgan fingerprint density at radius 3 is 2.45 bits per heavy atom. The molecule has 6 heteroatoms. The van der Waals surface area contributed by atoms with Gasteiger partial charge in [-0.2, -0.15) is 0 Å². The largest absolute Gasteiger partial charge is 0.506 e. The number of nitrogens with zero attached hydrogens (tertiary/aromatic N) is 3. The molecule has 3 N–H and O–H groups in total. The summed E-state index contributed by atoms with van der Waals surface area (Å²) < 4.78 is 0. The highest BCUT2D eigenvalue weighted by Gasteiger charge is 2.11. The van der Waals surface area contributed by atoms with E-state index in [1.165, 1.54) is 13.0 Å². The number of hydrogen-bond acceptors (Lipinski definition) is 5. The van der Waals surface area contributed by atoms with Crippen molar-refractivity contribution in [1.29, 1.82) is 0 Å². The molecule has 0 aliphatic rings. The summed E-state index contributed by atoms with van der Waals surface area (Å²) in [5, 5.41) is 18.1. The highest BCUT2D eigenvalue weighted by atomic mass is 16.3. The zero-order valence-corrected chi connectivity index (χ0v) is 12.5. The Hall–Kier alpha value is -2.89. The molecule has 0 aromatic heterocycles. The van der Waals surface area contributed by atoms with Crippen LogP contribution in [0.4, 0.5) is 22.7 Å². The van der Waals surface area contributed by atoms with Gasteiger partial charge in [-0.1, -0.05) is 12.1 Å². The van der Waals surface area contributed by atoms with E-state index in [4.69, 9.17) is 5.73 Å². The highest BCUT2D eigenvalue weighted by molar-refractivity contribution is 5.91. The monoisotopic (exact) mass is 298 g/mol. The van der Waals surface area contributed by atoms with Crippen LogP contribution in [0, 0.1) is 0 Å². The molecule has 2 aromatic rings. The molecule has 2 rings (SSSR count). The van der Waals surface area contributed by atoms with E-state index in [9.17, 15) is 9.90 Å². The minimum Gasteiger partial charge on any atom is -0.506 e. The van der Waals surface area contributed by atoms with Crippen molar-refractivity contribution in [2.45, 2.75) is 13.8 Å². The molecule has 0 atom stereocenters. The van der Waals surface area contributed by atoms with E-state index in [1.807, 2.05) is 13.0 Å². The van der Waals surface area contributed by atoms with Gasteiger partial charge in [-0.25, -0.2) is 0 Å². The number of aromatic hydroxyl groups is 1. The maximum atomic E-state index is 11.5. The molecule has 6 nitrogen and oxygen atoms in total. The zero-order chi connectivity index (χ0) is 16.1. The van der Waals surface area contributed by atoms with Gasteiger partial charge in [0.2, 0.25) is 5.91 Å². The zero-order valence-electron chi connectivity index (χ0n) is 12.5. The minimum atomic E-state index is -0.0895. The van der Waals surface area contributed by atoms with Crippen molar-refractivity contribution in [3.05, 3.63) is 42.5 Å². The lowest BCUT2D eigenvalue weighted by Crippen LogP contribution is -2.27. The fourth-order valence-electron chi connectivity index (χ4n) is 2.04. The van der Waals surface area contributed by atoms with Crippen LogP contribution in [0.1, 0.15) is 13.8 Å². The first kappa shape index (κ1) is 15.5. The van der Waals surface area contributed by atoms with Gasteiger partial charge in [-0.15, -0.1) is 10.2 Å². The van der Waals surface area contributed by atoms with E-state index in [2.05, 4.69) is 10.2 Å². The predicted molar refractivity (Wildman–Crippen MR) is 86.8 cm³/mol. The van der Waals surface area contributed by atoms with Gasteiger partial charge in [0.15, 0.2) is 0 Å². The number of para-hydroxylation sites is 1. The summed E-state index contributed by atoms with van der Waals surface area (Å²) in [7, 11) is 0. The summed E-state index contributed by atoms with van der Waals surface area (Å²) in [6.07, 6.45) is 0. The maximum absolute atomic E-state index is 11.5. The van der Waals surface area contributed by atoms with E-state index >= 15 is 0 Å². The molecule has 0 aliphatic heterocycles. The second-order valence-corrected chi connectivity index (χ2v) is 4.70. The molecule has 0 aliphatic carbocycles. The normalized spacial score (nSPS) is 10.8. The first-order valence-electron chi connectivity index (χ1n) is 6.90. The van der Waals surface area contributed by atoms with Gasteiger partial charge in [0.05, 0.1) is 5.69 Å². The standard InChI is InChI=1S/C16H18N4O2/c1-3-20(11(2)21)12-8-9-15(16(22)10-12)19-18-14-7-5-4-6-13(14)17/h4-10,22H,3,17H2,1-2H3. The Balaban J connectivity index is 2.27. The van der Waals surface area contributed by atoms with E-state index in [0.29, 0.717) is 29.3 Å². The summed E-state index contributed by atoms with van der Waals surface area (Å²) in [5.41, 5.74) is 7.75. The van der Waals surface area contributed by atoms with E-state index < -0.39 is 0 Å². The summed E-state index contributed by atoms with van der Waals surface area (Å²) in [6, 6.07) is 11.9. The van der Waals surface area contributed by atoms with Crippen LogP contribution in [0.3, 0.4) is 0 Å². The van der Waals surface area contributed by atoms with Crippen LogP contribution < -0.4 is 10.6 Å². The van der Waals surface area contributed by atoms with Crippen LogP contribution in [0.25, 0.3) is 0 Å². The smallest absolute Gasteiger partial charge is 0.223 e. The van der Waals surface area contributed by atoms with Crippen molar-refractivity contribution in [2.24, 2.45) is 10.2 Å². The fourth-order valence-corrected chi connectivity index (χ4v) is 2.04. The number of hydrogen-bond donors (Lipinski definition) is 2. The Bertz CT molecular complexity index is 713. The third-order valence-electron chi connectivity index (χ3n) is 3.17. The van der Waals surface area contributed by atoms with Crippen molar-refractivity contribution >= 4 is 28.7 Å². The minimum absolute atomic E-state index is 0.0459. The van der Waals surface area contributed by atoms with E-state index in [1.54, 1.807) is 35.2 Å². The molecule has 114 valence electrons. The fraction of sp³-hybridized carbons (Fsp3) is 0.188. The first-order valence-corrected chi connectivity index (χ1v) is 6.90. The number of nitrogen functional groups attached to an aromatic ring is 1. The summed E-state index contributed by atoms with van der Waals surface area (Å²) in [5.74, 6) is -0.135. The van der Waals surface area contributed by atoms with Gasteiger partial charge in [-0.05, 0) is 31.2 Å². The average molecular weight is 298 g/mol. The van der Waals surface area contributed by atoms with Crippen molar-refractivity contribution in [3.8, 4) is 5.75 Å². The van der Waals surface area contributed by atoms with E-state index in [-0.39, 0.29) is 11.7 Å². The van der Waals surface area contributed by atoms with Gasteiger partial charge in [0.25, 0.3) is 0 Å². The van der Waals surface area contributed by atoms with Crippen molar-refractivity contribution in [3.63, 3.8) is 0 Å². The number of benzene rings is 2. The van der Waals surface area contributed by atoms with Crippen LogP contribution >= 0.6 is 0 Å². The van der Waals surface area contributed by atoms with Gasteiger partial charge in [0, 0.05) is 25.2 Å². The van der Waals surface area contributed by atoms with Gasteiger partial charge < -0.3 is 15.7 Å². The molecular weight excluding hydrogens is 280 g/mol. The molecule has 0 spiro atoms. The number of carbonyl (C=O) groups excluding carboxylic acids is 1. The lowest BCUT2D eigenvalue weighted by atomic mass is 10.2. The van der Waals surface area contributed by atoms with Crippen molar-refractivity contribution < 1.29 is 9.90 Å². The summed E-state index contributed by atoms with van der Waals surface area (Å²) >= 11 is 0. The molecule has 0 saturated heterocycles. The van der Waals surface area contributed by atoms with Crippen LogP contribution in [0.2, 0.25) is 0 Å². The third kappa shape index (κ3) is 3.41. The quantitative estimate of drug-likeness (QED) is 0.665. The SMILES string of the molecule is CCN(C(C)=O)c1ccc(N=Nc2ccccc2N)c(O)c1. The molecule has 0 saturated carbocycles. The average Bonchev–Trinajstić information content (AvgIpc) is 2.48. The second kappa shape index (κ2) is 6.71. The molecule has 0 unspecified atom stereocenters. The number of phenolic OH excluding ortho intramolecular Hbond substituents is 1. The molecule has 0 radical (unpaired) electrons. The lowest BCUT2D eigenvalue weighted by Gasteiger charge is -2.19. The number of amides is 1. The third-order valence-corrected chi connectivity index (χ3v) is 3.17. The lowest BCUT2D eigenvalue weighted by molar-refractivity contribution is -0.116. The van der Waals surface area contributed by atoms with Crippen LogP contribution in [0.5, 0.6) is 5.75 Å². The summed E-state index contributed by atoms with van der Waals surface area (Å²) in [6.45, 7) is 3.87. The highest BCUT2D eigenvalue weighted by Crippen LogP contribution is 2.33.